The highest BCUT2D eigenvalue weighted by atomic mass is 35.5. The lowest BCUT2D eigenvalue weighted by atomic mass is 10.2. The smallest absolute Gasteiger partial charge is 0.203 e. The maximum absolute atomic E-state index is 4.94. The molecule has 1 fully saturated rings. The summed E-state index contributed by atoms with van der Waals surface area (Å²) in [6.07, 6.45) is 0. The predicted molar refractivity (Wildman–Crippen MR) is 109 cm³/mol. The molecule has 4 nitrogen and oxygen atoms in total. The van der Waals surface area contributed by atoms with E-state index in [-0.39, 0.29) is 12.4 Å². The third-order valence-corrected chi connectivity index (χ3v) is 4.42. The Morgan fingerprint density at radius 1 is 0.960 bits per heavy atom. The predicted octanol–water partition coefficient (Wildman–Crippen LogP) is 4.07. The quantitative estimate of drug-likeness (QED) is 0.648. The fourth-order valence-corrected chi connectivity index (χ4v) is 2.85. The van der Waals surface area contributed by atoms with E-state index in [1.165, 1.54) is 11.1 Å². The Hall–Kier alpha value is -2.04. The number of hydrogen-bond donors (Lipinski definition) is 1. The number of para-hydroxylation sites is 1. The molecule has 25 heavy (non-hydrogen) atoms. The van der Waals surface area contributed by atoms with Crippen molar-refractivity contribution in [2.24, 2.45) is 4.99 Å². The van der Waals surface area contributed by atoms with Crippen LogP contribution in [0.25, 0.3) is 0 Å². The molecule has 0 aromatic heterocycles. The van der Waals surface area contributed by atoms with E-state index in [1.54, 1.807) is 0 Å². The largest absolute Gasteiger partial charge is 0.340 e. The highest BCUT2D eigenvalue weighted by Crippen LogP contribution is 2.20. The number of benzene rings is 2. The first-order valence-corrected chi connectivity index (χ1v) is 8.53. The Kier molecular flexibility index (Phi) is 6.85. The second-order valence-electron chi connectivity index (χ2n) is 6.51. The van der Waals surface area contributed by atoms with Crippen LogP contribution in [0, 0.1) is 13.8 Å². The van der Waals surface area contributed by atoms with Crippen molar-refractivity contribution >= 4 is 29.7 Å². The molecule has 1 saturated heterocycles. The minimum absolute atomic E-state index is 0. The SMILES string of the molecule is Cc1cccc(NC(=Nc2ccccc2C)N2CCN(C)CC2)c1.Cl. The molecule has 0 saturated carbocycles. The van der Waals surface area contributed by atoms with Gasteiger partial charge in [-0.1, -0.05) is 30.3 Å². The van der Waals surface area contributed by atoms with Gasteiger partial charge in [-0.3, -0.25) is 0 Å². The van der Waals surface area contributed by atoms with E-state index in [4.69, 9.17) is 4.99 Å². The minimum Gasteiger partial charge on any atom is -0.340 e. The van der Waals surface area contributed by atoms with Crippen LogP contribution in [-0.4, -0.2) is 49.0 Å². The van der Waals surface area contributed by atoms with Gasteiger partial charge >= 0.3 is 0 Å². The zero-order chi connectivity index (χ0) is 16.9. The van der Waals surface area contributed by atoms with Gasteiger partial charge in [0, 0.05) is 31.9 Å². The summed E-state index contributed by atoms with van der Waals surface area (Å²) in [5, 5.41) is 3.54. The number of anilines is 1. The van der Waals surface area contributed by atoms with Gasteiger partial charge in [-0.25, -0.2) is 4.99 Å². The standard InChI is InChI=1S/C20H26N4.ClH/c1-16-7-6-9-18(15-16)21-20(24-13-11-23(3)12-14-24)22-19-10-5-4-8-17(19)2;/h4-10,15H,11-14H2,1-3H3,(H,21,22);1H. The van der Waals surface area contributed by atoms with Crippen LogP contribution in [0.1, 0.15) is 11.1 Å². The van der Waals surface area contributed by atoms with E-state index in [2.05, 4.69) is 78.5 Å². The van der Waals surface area contributed by atoms with Crippen LogP contribution >= 0.6 is 12.4 Å². The first-order chi connectivity index (χ1) is 11.6. The second-order valence-corrected chi connectivity index (χ2v) is 6.51. The number of aryl methyl sites for hydroxylation is 2. The molecule has 1 aliphatic heterocycles. The molecule has 0 radical (unpaired) electrons. The van der Waals surface area contributed by atoms with E-state index >= 15 is 0 Å². The van der Waals surface area contributed by atoms with Gasteiger partial charge in [0.1, 0.15) is 0 Å². The monoisotopic (exact) mass is 358 g/mol. The Balaban J connectivity index is 0.00000225. The number of likely N-dealkylation sites (N-methyl/N-ethyl adjacent to an activating group) is 1. The molecule has 0 aliphatic carbocycles. The first-order valence-electron chi connectivity index (χ1n) is 8.53. The first kappa shape index (κ1) is 19.3. The van der Waals surface area contributed by atoms with E-state index in [9.17, 15) is 0 Å². The Bertz CT molecular complexity index is 721. The summed E-state index contributed by atoms with van der Waals surface area (Å²) in [7, 11) is 2.17. The van der Waals surface area contributed by atoms with Crippen molar-refractivity contribution in [1.29, 1.82) is 0 Å². The molecule has 1 N–H and O–H groups in total. The third kappa shape index (κ3) is 5.21. The molecule has 0 spiro atoms. The highest BCUT2D eigenvalue weighted by Gasteiger charge is 2.18. The number of aliphatic imine (C=N–C) groups is 1. The summed E-state index contributed by atoms with van der Waals surface area (Å²) in [6, 6.07) is 16.7. The van der Waals surface area contributed by atoms with Crippen LogP contribution in [0.15, 0.2) is 53.5 Å². The average molecular weight is 359 g/mol. The number of piperazine rings is 1. The minimum atomic E-state index is 0. The average Bonchev–Trinajstić information content (AvgIpc) is 2.57. The van der Waals surface area contributed by atoms with Gasteiger partial charge in [-0.2, -0.15) is 0 Å². The number of rotatable bonds is 2. The van der Waals surface area contributed by atoms with Crippen molar-refractivity contribution in [3.05, 3.63) is 59.7 Å². The van der Waals surface area contributed by atoms with Gasteiger partial charge in [0.05, 0.1) is 5.69 Å². The third-order valence-electron chi connectivity index (χ3n) is 4.42. The molecular formula is C20H27ClN4. The zero-order valence-electron chi connectivity index (χ0n) is 15.2. The molecular weight excluding hydrogens is 332 g/mol. The molecule has 0 amide bonds. The summed E-state index contributed by atoms with van der Waals surface area (Å²) in [5.74, 6) is 0.933. The fourth-order valence-electron chi connectivity index (χ4n) is 2.85. The van der Waals surface area contributed by atoms with E-state index in [1.807, 2.05) is 6.07 Å². The lowest BCUT2D eigenvalue weighted by Gasteiger charge is -2.34. The molecule has 1 heterocycles. The molecule has 0 atom stereocenters. The zero-order valence-corrected chi connectivity index (χ0v) is 16.0. The number of halogens is 1. The van der Waals surface area contributed by atoms with E-state index in [0.29, 0.717) is 0 Å². The Morgan fingerprint density at radius 2 is 1.68 bits per heavy atom. The highest BCUT2D eigenvalue weighted by molar-refractivity contribution is 5.95. The lowest BCUT2D eigenvalue weighted by molar-refractivity contribution is 0.215. The van der Waals surface area contributed by atoms with Gasteiger partial charge in [-0.15, -0.1) is 12.4 Å². The summed E-state index contributed by atoms with van der Waals surface area (Å²) in [4.78, 5) is 9.64. The Labute approximate surface area is 157 Å². The van der Waals surface area contributed by atoms with Gasteiger partial charge in [0.15, 0.2) is 0 Å². The van der Waals surface area contributed by atoms with Crippen molar-refractivity contribution in [2.75, 3.05) is 38.5 Å². The van der Waals surface area contributed by atoms with Crippen molar-refractivity contribution in [2.45, 2.75) is 13.8 Å². The molecule has 3 rings (SSSR count). The molecule has 134 valence electrons. The maximum atomic E-state index is 4.94. The summed E-state index contributed by atoms with van der Waals surface area (Å²) in [5.41, 5.74) is 4.54. The molecule has 2 aromatic carbocycles. The van der Waals surface area contributed by atoms with Gasteiger partial charge in [0.2, 0.25) is 5.96 Å². The van der Waals surface area contributed by atoms with Crippen LogP contribution in [0.3, 0.4) is 0 Å². The van der Waals surface area contributed by atoms with Crippen molar-refractivity contribution in [3.63, 3.8) is 0 Å². The topological polar surface area (TPSA) is 30.9 Å². The summed E-state index contributed by atoms with van der Waals surface area (Å²) >= 11 is 0. The van der Waals surface area contributed by atoms with Crippen LogP contribution < -0.4 is 5.32 Å². The van der Waals surface area contributed by atoms with E-state index in [0.717, 1.165) is 43.5 Å². The van der Waals surface area contributed by atoms with Gasteiger partial charge in [-0.05, 0) is 50.2 Å². The number of hydrogen-bond acceptors (Lipinski definition) is 2. The van der Waals surface area contributed by atoms with Crippen LogP contribution in [0.2, 0.25) is 0 Å². The summed E-state index contributed by atoms with van der Waals surface area (Å²) < 4.78 is 0. The number of nitrogens with one attached hydrogen (secondary N) is 1. The van der Waals surface area contributed by atoms with Gasteiger partial charge < -0.3 is 15.1 Å². The maximum Gasteiger partial charge on any atom is 0.203 e. The summed E-state index contributed by atoms with van der Waals surface area (Å²) in [6.45, 7) is 8.30. The van der Waals surface area contributed by atoms with Crippen LogP contribution in [0.5, 0.6) is 0 Å². The van der Waals surface area contributed by atoms with Crippen LogP contribution in [0.4, 0.5) is 11.4 Å². The van der Waals surface area contributed by atoms with Crippen LogP contribution in [-0.2, 0) is 0 Å². The molecule has 0 unspecified atom stereocenters. The normalized spacial score (nSPS) is 15.6. The molecule has 1 aliphatic rings. The van der Waals surface area contributed by atoms with Gasteiger partial charge in [0.25, 0.3) is 0 Å². The van der Waals surface area contributed by atoms with E-state index < -0.39 is 0 Å². The van der Waals surface area contributed by atoms with Crippen molar-refractivity contribution < 1.29 is 0 Å². The fraction of sp³-hybridized carbons (Fsp3) is 0.350. The molecule has 2 aromatic rings. The molecule has 0 bridgehead atoms. The lowest BCUT2D eigenvalue weighted by Crippen LogP contribution is -2.49. The van der Waals surface area contributed by atoms with Crippen molar-refractivity contribution in [1.82, 2.24) is 9.80 Å². The Morgan fingerprint density at radius 3 is 2.36 bits per heavy atom. The second kappa shape index (κ2) is 8.88. The number of guanidine groups is 1. The van der Waals surface area contributed by atoms with Crippen molar-refractivity contribution in [3.8, 4) is 0 Å². The number of nitrogens with zero attached hydrogens (tertiary/aromatic N) is 3. The molecule has 5 heteroatoms.